The molecule has 0 aliphatic carbocycles. The minimum absolute atomic E-state index is 0.0182. The van der Waals surface area contributed by atoms with E-state index in [1.165, 1.54) is 0 Å². The number of carbonyl (C=O) groups excluding carboxylic acids is 1. The number of amides is 1. The summed E-state index contributed by atoms with van der Waals surface area (Å²) in [6.45, 7) is 6.47. The molecule has 0 atom stereocenters. The molecule has 1 aromatic carbocycles. The zero-order chi connectivity index (χ0) is 13.8. The fraction of sp³-hybridized carbons (Fsp3) is 0.533. The summed E-state index contributed by atoms with van der Waals surface area (Å²) in [4.78, 5) is 14.5. The second-order valence-electron chi connectivity index (χ2n) is 5.07. The van der Waals surface area contributed by atoms with Gasteiger partial charge in [-0.25, -0.2) is 0 Å². The summed E-state index contributed by atoms with van der Waals surface area (Å²) >= 11 is 0. The first-order valence-corrected chi connectivity index (χ1v) is 6.94. The van der Waals surface area contributed by atoms with Crippen molar-refractivity contribution >= 4 is 5.91 Å². The maximum absolute atomic E-state index is 12.5. The lowest BCUT2D eigenvalue weighted by Gasteiger charge is -2.34. The zero-order valence-corrected chi connectivity index (χ0v) is 11.6. The molecule has 1 aliphatic rings. The Labute approximate surface area is 114 Å². The molecule has 1 aliphatic heterocycles. The molecule has 1 heterocycles. The molecule has 0 spiro atoms. The molecule has 19 heavy (non-hydrogen) atoms. The Bertz CT molecular complexity index is 453. The van der Waals surface area contributed by atoms with E-state index in [0.29, 0.717) is 18.2 Å². The summed E-state index contributed by atoms with van der Waals surface area (Å²) < 4.78 is 0. The molecular weight excluding hydrogens is 240 g/mol. The predicted octanol–water partition coefficient (Wildman–Crippen LogP) is 1.91. The van der Waals surface area contributed by atoms with Crippen molar-refractivity contribution in [1.29, 1.82) is 0 Å². The molecule has 2 rings (SSSR count). The number of benzene rings is 1. The van der Waals surface area contributed by atoms with E-state index >= 15 is 0 Å². The summed E-state index contributed by atoms with van der Waals surface area (Å²) in [5.74, 6) is 0.205. The van der Waals surface area contributed by atoms with Gasteiger partial charge in [0.05, 0.1) is 0 Å². The number of piperidine rings is 1. The molecule has 1 fully saturated rings. The van der Waals surface area contributed by atoms with Crippen molar-refractivity contribution in [2.45, 2.75) is 32.7 Å². The van der Waals surface area contributed by atoms with Crippen molar-refractivity contribution in [1.82, 2.24) is 10.2 Å². The Morgan fingerprint density at radius 1 is 1.42 bits per heavy atom. The highest BCUT2D eigenvalue weighted by atomic mass is 16.3. The van der Waals surface area contributed by atoms with Gasteiger partial charge in [0, 0.05) is 18.2 Å². The predicted molar refractivity (Wildman–Crippen MR) is 75.4 cm³/mol. The smallest absolute Gasteiger partial charge is 0.254 e. The van der Waals surface area contributed by atoms with Gasteiger partial charge in [-0.1, -0.05) is 6.07 Å². The number of phenolic OH excluding ortho intramolecular Hbond substituents is 1. The van der Waals surface area contributed by atoms with Crippen molar-refractivity contribution in [2.75, 3.05) is 19.6 Å². The normalized spacial score (nSPS) is 16.3. The number of aryl methyl sites for hydroxylation is 1. The average Bonchev–Trinajstić information content (AvgIpc) is 2.44. The van der Waals surface area contributed by atoms with Crippen molar-refractivity contribution in [3.8, 4) is 5.75 Å². The number of carbonyl (C=O) groups is 1. The molecule has 2 N–H and O–H groups in total. The summed E-state index contributed by atoms with van der Waals surface area (Å²) in [5.41, 5.74) is 1.37. The first kappa shape index (κ1) is 13.9. The third-order valence-electron chi connectivity index (χ3n) is 3.81. The number of aromatic hydroxyl groups is 1. The number of nitrogens with one attached hydrogen (secondary N) is 1. The van der Waals surface area contributed by atoms with E-state index in [9.17, 15) is 9.90 Å². The van der Waals surface area contributed by atoms with Gasteiger partial charge in [0.15, 0.2) is 0 Å². The van der Waals surface area contributed by atoms with Crippen molar-refractivity contribution in [2.24, 2.45) is 0 Å². The van der Waals surface area contributed by atoms with Crippen LogP contribution >= 0.6 is 0 Å². The molecule has 0 unspecified atom stereocenters. The van der Waals surface area contributed by atoms with Crippen LogP contribution in [0.15, 0.2) is 18.2 Å². The Kier molecular flexibility index (Phi) is 4.43. The maximum atomic E-state index is 12.5. The average molecular weight is 262 g/mol. The van der Waals surface area contributed by atoms with Crippen LogP contribution in [0.3, 0.4) is 0 Å². The van der Waals surface area contributed by atoms with E-state index < -0.39 is 0 Å². The SMILES string of the molecule is CCN(C(=O)c1ccc(C)c(O)c1)C1CCNCC1. The van der Waals surface area contributed by atoms with Gasteiger partial charge in [-0.3, -0.25) is 4.79 Å². The number of nitrogens with zero attached hydrogens (tertiary/aromatic N) is 1. The van der Waals surface area contributed by atoms with E-state index in [1.807, 2.05) is 18.7 Å². The molecular formula is C15H22N2O2. The molecule has 0 aromatic heterocycles. The molecule has 4 heteroatoms. The molecule has 0 radical (unpaired) electrons. The van der Waals surface area contributed by atoms with Crippen molar-refractivity contribution in [3.05, 3.63) is 29.3 Å². The minimum atomic E-state index is 0.0182. The summed E-state index contributed by atoms with van der Waals surface area (Å²) in [7, 11) is 0. The molecule has 1 aromatic rings. The molecule has 4 nitrogen and oxygen atoms in total. The fourth-order valence-corrected chi connectivity index (χ4v) is 2.59. The third kappa shape index (κ3) is 3.07. The summed E-state index contributed by atoms with van der Waals surface area (Å²) in [6.07, 6.45) is 1.99. The lowest BCUT2D eigenvalue weighted by molar-refractivity contribution is 0.0655. The van der Waals surface area contributed by atoms with E-state index in [-0.39, 0.29) is 11.7 Å². The van der Waals surface area contributed by atoms with E-state index in [0.717, 1.165) is 31.5 Å². The highest BCUT2D eigenvalue weighted by molar-refractivity contribution is 5.95. The quantitative estimate of drug-likeness (QED) is 0.875. The van der Waals surface area contributed by atoms with Gasteiger partial charge in [-0.2, -0.15) is 0 Å². The van der Waals surface area contributed by atoms with Crippen LogP contribution in [0.2, 0.25) is 0 Å². The second-order valence-corrected chi connectivity index (χ2v) is 5.07. The van der Waals surface area contributed by atoms with Gasteiger partial charge in [-0.05, 0) is 57.5 Å². The largest absolute Gasteiger partial charge is 0.508 e. The lowest BCUT2D eigenvalue weighted by atomic mass is 10.0. The van der Waals surface area contributed by atoms with Crippen LogP contribution < -0.4 is 5.32 Å². The van der Waals surface area contributed by atoms with Gasteiger partial charge >= 0.3 is 0 Å². The maximum Gasteiger partial charge on any atom is 0.254 e. The van der Waals surface area contributed by atoms with Gasteiger partial charge in [-0.15, -0.1) is 0 Å². The van der Waals surface area contributed by atoms with Crippen LogP contribution in [-0.2, 0) is 0 Å². The standard InChI is InChI=1S/C15H22N2O2/c1-3-17(13-6-8-16-9-7-13)15(19)12-5-4-11(2)14(18)10-12/h4-5,10,13,16,18H,3,6-9H2,1-2H3. The summed E-state index contributed by atoms with van der Waals surface area (Å²) in [5, 5.41) is 13.0. The Hall–Kier alpha value is -1.55. The van der Waals surface area contributed by atoms with Crippen LogP contribution in [0.1, 0.15) is 35.7 Å². The Morgan fingerprint density at radius 3 is 2.68 bits per heavy atom. The molecule has 1 saturated heterocycles. The Morgan fingerprint density at radius 2 is 2.11 bits per heavy atom. The van der Waals surface area contributed by atoms with Crippen LogP contribution in [0, 0.1) is 6.92 Å². The first-order valence-electron chi connectivity index (χ1n) is 6.94. The first-order chi connectivity index (χ1) is 9.13. The molecule has 1 amide bonds. The van der Waals surface area contributed by atoms with Crippen LogP contribution in [0.25, 0.3) is 0 Å². The molecule has 0 bridgehead atoms. The number of hydrogen-bond acceptors (Lipinski definition) is 3. The fourth-order valence-electron chi connectivity index (χ4n) is 2.59. The second kappa shape index (κ2) is 6.06. The van der Waals surface area contributed by atoms with Crippen LogP contribution in [-0.4, -0.2) is 41.6 Å². The number of phenols is 1. The minimum Gasteiger partial charge on any atom is -0.508 e. The van der Waals surface area contributed by atoms with Crippen molar-refractivity contribution < 1.29 is 9.90 Å². The Balaban J connectivity index is 2.17. The highest BCUT2D eigenvalue weighted by Gasteiger charge is 2.25. The lowest BCUT2D eigenvalue weighted by Crippen LogP contribution is -2.46. The van der Waals surface area contributed by atoms with Gasteiger partial charge in [0.1, 0.15) is 5.75 Å². The van der Waals surface area contributed by atoms with Crippen molar-refractivity contribution in [3.63, 3.8) is 0 Å². The van der Waals surface area contributed by atoms with Gasteiger partial charge in [0.25, 0.3) is 5.91 Å². The topological polar surface area (TPSA) is 52.6 Å². The molecule has 0 saturated carbocycles. The van der Waals surface area contributed by atoms with E-state index in [4.69, 9.17) is 0 Å². The van der Waals surface area contributed by atoms with Crippen LogP contribution in [0.5, 0.6) is 5.75 Å². The number of rotatable bonds is 3. The molecule has 104 valence electrons. The zero-order valence-electron chi connectivity index (χ0n) is 11.6. The van der Waals surface area contributed by atoms with Crippen LogP contribution in [0.4, 0.5) is 0 Å². The van der Waals surface area contributed by atoms with Gasteiger partial charge in [0.2, 0.25) is 0 Å². The van der Waals surface area contributed by atoms with E-state index in [2.05, 4.69) is 5.32 Å². The number of hydrogen-bond donors (Lipinski definition) is 2. The van der Waals surface area contributed by atoms with E-state index in [1.54, 1.807) is 18.2 Å². The monoisotopic (exact) mass is 262 g/mol. The highest BCUT2D eigenvalue weighted by Crippen LogP contribution is 2.21. The van der Waals surface area contributed by atoms with Gasteiger partial charge < -0.3 is 15.3 Å². The third-order valence-corrected chi connectivity index (χ3v) is 3.81. The summed E-state index contributed by atoms with van der Waals surface area (Å²) in [6, 6.07) is 5.46.